The molecule has 1 aliphatic heterocycles. The number of benzene rings is 1. The zero-order chi connectivity index (χ0) is 19.3. The Balaban J connectivity index is 1.29. The maximum Gasteiger partial charge on any atom is 0.247 e. The van der Waals surface area contributed by atoms with E-state index in [2.05, 4.69) is 20.2 Å². The first-order valence-electron chi connectivity index (χ1n) is 9.37. The van der Waals surface area contributed by atoms with E-state index in [1.54, 1.807) is 19.1 Å². The molecule has 144 valence electrons. The highest BCUT2D eigenvalue weighted by Gasteiger charge is 2.58. The second-order valence-electron chi connectivity index (χ2n) is 7.66. The number of anilines is 1. The average molecular weight is 383 g/mol. The van der Waals surface area contributed by atoms with Crippen LogP contribution in [0.15, 0.2) is 35.0 Å². The Labute approximate surface area is 160 Å². The minimum Gasteiger partial charge on any atom is -0.420 e. The maximum absolute atomic E-state index is 14.3. The van der Waals surface area contributed by atoms with Gasteiger partial charge in [-0.15, -0.1) is 10.2 Å². The molecular weight excluding hydrogens is 364 g/mol. The molecule has 0 N–H and O–H groups in total. The van der Waals surface area contributed by atoms with Gasteiger partial charge in [0.15, 0.2) is 11.6 Å². The number of halogens is 2. The summed E-state index contributed by atoms with van der Waals surface area (Å²) in [5.74, 6) is 0.860. The Kier molecular flexibility index (Phi) is 3.89. The molecule has 1 unspecified atom stereocenters. The Morgan fingerprint density at radius 2 is 1.96 bits per heavy atom. The van der Waals surface area contributed by atoms with Crippen LogP contribution >= 0.6 is 0 Å². The zero-order valence-corrected chi connectivity index (χ0v) is 15.4. The van der Waals surface area contributed by atoms with Crippen LogP contribution in [0.1, 0.15) is 36.8 Å². The molecule has 1 spiro atoms. The second kappa shape index (κ2) is 6.32. The van der Waals surface area contributed by atoms with E-state index in [4.69, 9.17) is 4.42 Å². The van der Waals surface area contributed by atoms with Crippen LogP contribution < -0.4 is 4.90 Å². The van der Waals surface area contributed by atoms with Gasteiger partial charge in [-0.25, -0.2) is 18.7 Å². The van der Waals surface area contributed by atoms with Crippen molar-refractivity contribution in [3.05, 3.63) is 53.8 Å². The molecule has 1 atom stereocenters. The summed E-state index contributed by atoms with van der Waals surface area (Å²) in [6.07, 6.45) is 4.22. The summed E-state index contributed by atoms with van der Waals surface area (Å²) in [7, 11) is 0. The van der Waals surface area contributed by atoms with Crippen LogP contribution in [0.4, 0.5) is 14.6 Å². The third-order valence-electron chi connectivity index (χ3n) is 6.00. The molecule has 5 rings (SSSR count). The molecule has 3 aromatic rings. The van der Waals surface area contributed by atoms with Gasteiger partial charge in [0, 0.05) is 24.6 Å². The Morgan fingerprint density at radius 1 is 1.14 bits per heavy atom. The fourth-order valence-electron chi connectivity index (χ4n) is 4.19. The number of aryl methyl sites for hydroxylation is 1. The van der Waals surface area contributed by atoms with E-state index in [9.17, 15) is 8.78 Å². The quantitative estimate of drug-likeness (QED) is 0.684. The fraction of sp³-hybridized carbons (Fsp3) is 0.400. The number of piperidine rings is 1. The largest absolute Gasteiger partial charge is 0.420 e. The van der Waals surface area contributed by atoms with E-state index in [0.29, 0.717) is 28.9 Å². The van der Waals surface area contributed by atoms with E-state index < -0.39 is 0 Å². The molecule has 8 heteroatoms. The normalized spacial score (nSPS) is 20.5. The fourth-order valence-corrected chi connectivity index (χ4v) is 4.19. The first-order chi connectivity index (χ1) is 13.6. The van der Waals surface area contributed by atoms with Crippen LogP contribution in [0.5, 0.6) is 0 Å². The molecular formula is C20H19F2N5O. The average Bonchev–Trinajstić information content (AvgIpc) is 3.17. The smallest absolute Gasteiger partial charge is 0.247 e. The van der Waals surface area contributed by atoms with Gasteiger partial charge in [0.25, 0.3) is 0 Å². The van der Waals surface area contributed by atoms with Crippen molar-refractivity contribution in [2.45, 2.75) is 32.1 Å². The van der Waals surface area contributed by atoms with Gasteiger partial charge in [0.2, 0.25) is 11.8 Å². The van der Waals surface area contributed by atoms with Gasteiger partial charge in [0.05, 0.1) is 5.69 Å². The van der Waals surface area contributed by atoms with Crippen molar-refractivity contribution in [3.63, 3.8) is 0 Å². The summed E-state index contributed by atoms with van der Waals surface area (Å²) in [4.78, 5) is 10.00. The number of nitrogens with zero attached hydrogens (tertiary/aromatic N) is 5. The van der Waals surface area contributed by atoms with Crippen molar-refractivity contribution in [1.29, 1.82) is 0 Å². The Bertz CT molecular complexity index is 1030. The summed E-state index contributed by atoms with van der Waals surface area (Å²) < 4.78 is 33.6. The highest BCUT2D eigenvalue weighted by Crippen LogP contribution is 2.64. The predicted octanol–water partition coefficient (Wildman–Crippen LogP) is 3.89. The van der Waals surface area contributed by atoms with Crippen molar-refractivity contribution in [1.82, 2.24) is 20.2 Å². The van der Waals surface area contributed by atoms with Crippen molar-refractivity contribution in [2.24, 2.45) is 5.41 Å². The van der Waals surface area contributed by atoms with E-state index in [1.165, 1.54) is 18.5 Å². The third-order valence-corrected chi connectivity index (χ3v) is 6.00. The topological polar surface area (TPSA) is 67.9 Å². The van der Waals surface area contributed by atoms with E-state index >= 15 is 0 Å². The highest BCUT2D eigenvalue weighted by molar-refractivity contribution is 5.52. The van der Waals surface area contributed by atoms with Gasteiger partial charge in [-0.1, -0.05) is 6.07 Å². The molecule has 0 radical (unpaired) electrons. The molecule has 0 amide bonds. The minimum absolute atomic E-state index is 0.126. The molecule has 3 heterocycles. The van der Waals surface area contributed by atoms with Crippen LogP contribution in [0.3, 0.4) is 0 Å². The lowest BCUT2D eigenvalue weighted by Gasteiger charge is -2.33. The molecule has 2 aliphatic rings. The highest BCUT2D eigenvalue weighted by atomic mass is 19.1. The van der Waals surface area contributed by atoms with E-state index in [0.717, 1.165) is 32.4 Å². The zero-order valence-electron chi connectivity index (χ0n) is 15.4. The van der Waals surface area contributed by atoms with Gasteiger partial charge in [0.1, 0.15) is 12.1 Å². The molecule has 2 fully saturated rings. The molecule has 2 aromatic heterocycles. The first kappa shape index (κ1) is 17.2. The standard InChI is InChI=1S/C20H19F2N5O/c1-12-16(22)17(24-11-23-12)27-7-5-20(6-8-27)10-15(20)19-26-25-18(28-19)13-3-2-4-14(21)9-13/h2-4,9,11,15H,5-8,10H2,1H3. The number of aromatic nitrogens is 4. The van der Waals surface area contributed by atoms with Gasteiger partial charge in [-0.05, 0) is 49.8 Å². The van der Waals surface area contributed by atoms with Gasteiger partial charge >= 0.3 is 0 Å². The molecule has 1 saturated heterocycles. The monoisotopic (exact) mass is 383 g/mol. The lowest BCUT2D eigenvalue weighted by Crippen LogP contribution is -2.36. The molecule has 1 saturated carbocycles. The van der Waals surface area contributed by atoms with Crippen LogP contribution in [-0.4, -0.2) is 33.3 Å². The summed E-state index contributed by atoms with van der Waals surface area (Å²) in [6, 6.07) is 6.14. The molecule has 0 bridgehead atoms. The molecule has 1 aliphatic carbocycles. The van der Waals surface area contributed by atoms with Crippen LogP contribution in [0.2, 0.25) is 0 Å². The third kappa shape index (κ3) is 2.83. The lowest BCUT2D eigenvalue weighted by molar-refractivity contribution is 0.350. The van der Waals surface area contributed by atoms with Crippen molar-refractivity contribution in [3.8, 4) is 11.5 Å². The second-order valence-corrected chi connectivity index (χ2v) is 7.66. The lowest BCUT2D eigenvalue weighted by atomic mass is 9.90. The van der Waals surface area contributed by atoms with Crippen LogP contribution in [0, 0.1) is 24.0 Å². The number of hydrogen-bond acceptors (Lipinski definition) is 6. The van der Waals surface area contributed by atoms with Gasteiger partial charge in [-0.2, -0.15) is 0 Å². The first-order valence-corrected chi connectivity index (χ1v) is 9.37. The Morgan fingerprint density at radius 3 is 2.75 bits per heavy atom. The molecule has 6 nitrogen and oxygen atoms in total. The van der Waals surface area contributed by atoms with Crippen LogP contribution in [-0.2, 0) is 0 Å². The van der Waals surface area contributed by atoms with Gasteiger partial charge < -0.3 is 9.32 Å². The molecule has 28 heavy (non-hydrogen) atoms. The van der Waals surface area contributed by atoms with E-state index in [1.807, 2.05) is 4.90 Å². The minimum atomic E-state index is -0.345. The summed E-state index contributed by atoms with van der Waals surface area (Å²) in [5, 5.41) is 8.29. The van der Waals surface area contributed by atoms with Crippen LogP contribution in [0.25, 0.3) is 11.5 Å². The maximum atomic E-state index is 14.3. The summed E-state index contributed by atoms with van der Waals surface area (Å²) in [6.45, 7) is 3.11. The summed E-state index contributed by atoms with van der Waals surface area (Å²) in [5.41, 5.74) is 1.07. The predicted molar refractivity (Wildman–Crippen MR) is 97.7 cm³/mol. The van der Waals surface area contributed by atoms with Crippen molar-refractivity contribution in [2.75, 3.05) is 18.0 Å². The molecule has 1 aromatic carbocycles. The summed E-state index contributed by atoms with van der Waals surface area (Å²) >= 11 is 0. The number of rotatable bonds is 3. The van der Waals surface area contributed by atoms with Crippen molar-refractivity contribution >= 4 is 5.82 Å². The Hall–Kier alpha value is -2.90. The van der Waals surface area contributed by atoms with Crippen molar-refractivity contribution < 1.29 is 13.2 Å². The van der Waals surface area contributed by atoms with Gasteiger partial charge in [-0.3, -0.25) is 0 Å². The number of hydrogen-bond donors (Lipinski definition) is 0. The van der Waals surface area contributed by atoms with E-state index in [-0.39, 0.29) is 23.0 Å². The SMILES string of the molecule is Cc1ncnc(N2CCC3(CC2)CC3c2nnc(-c3cccc(F)c3)o2)c1F.